The second-order valence-corrected chi connectivity index (χ2v) is 7.28. The highest BCUT2D eigenvalue weighted by molar-refractivity contribution is 5.30. The van der Waals surface area contributed by atoms with Gasteiger partial charge in [0.2, 0.25) is 0 Å². The van der Waals surface area contributed by atoms with Crippen molar-refractivity contribution in [1.29, 1.82) is 0 Å². The van der Waals surface area contributed by atoms with Crippen LogP contribution in [0.3, 0.4) is 0 Å². The molecule has 6 atom stereocenters. The molecule has 76 valence electrons. The fourth-order valence-corrected chi connectivity index (χ4v) is 6.19. The number of hydrogen-bond acceptors (Lipinski definition) is 0. The van der Waals surface area contributed by atoms with Crippen LogP contribution in [0.15, 0.2) is 0 Å². The first-order valence-electron chi connectivity index (χ1n) is 6.80. The van der Waals surface area contributed by atoms with Crippen molar-refractivity contribution >= 4 is 0 Å². The Morgan fingerprint density at radius 2 is 1.86 bits per heavy atom. The average molecular weight is 188 g/mol. The Bertz CT molecular complexity index is 314. The molecule has 5 aliphatic rings. The third-order valence-corrected chi connectivity index (χ3v) is 6.89. The molecule has 0 amide bonds. The molecule has 0 spiro atoms. The Hall–Kier alpha value is 0. The van der Waals surface area contributed by atoms with Gasteiger partial charge in [0.05, 0.1) is 0 Å². The molecule has 0 saturated heterocycles. The van der Waals surface area contributed by atoms with Crippen LogP contribution < -0.4 is 0 Å². The van der Waals surface area contributed by atoms with Gasteiger partial charge in [-0.25, -0.2) is 0 Å². The second-order valence-electron chi connectivity index (χ2n) is 7.28. The molecule has 0 aromatic rings. The van der Waals surface area contributed by atoms with Gasteiger partial charge in [-0.2, -0.15) is 0 Å². The van der Waals surface area contributed by atoms with Gasteiger partial charge in [0.1, 0.15) is 0 Å². The van der Waals surface area contributed by atoms with Crippen molar-refractivity contribution in [2.75, 3.05) is 0 Å². The van der Waals surface area contributed by atoms with Crippen LogP contribution in [0.2, 0.25) is 0 Å². The largest absolute Gasteiger partial charge is 0.0625 e. The van der Waals surface area contributed by atoms with Gasteiger partial charge in [-0.3, -0.25) is 0 Å². The summed E-state index contributed by atoms with van der Waals surface area (Å²) < 4.78 is 0. The van der Waals surface area contributed by atoms with Crippen molar-refractivity contribution in [3.8, 4) is 0 Å². The molecule has 14 heavy (non-hydrogen) atoms. The van der Waals surface area contributed by atoms with E-state index in [-0.39, 0.29) is 0 Å². The van der Waals surface area contributed by atoms with Gasteiger partial charge in [0.25, 0.3) is 0 Å². The van der Waals surface area contributed by atoms with Crippen molar-refractivity contribution in [3.05, 3.63) is 0 Å². The highest BCUT2D eigenvalue weighted by Crippen LogP contribution is 2.88. The minimum Gasteiger partial charge on any atom is -0.0625 e. The van der Waals surface area contributed by atoms with Crippen molar-refractivity contribution in [2.45, 2.75) is 39.0 Å². The summed E-state index contributed by atoms with van der Waals surface area (Å²) in [6.07, 6.45) is 8.15. The van der Waals surface area contributed by atoms with E-state index in [1.165, 1.54) is 35.5 Å². The molecule has 0 aliphatic heterocycles. The molecular weight excluding hydrogens is 168 g/mol. The molecule has 0 nitrogen and oxygen atoms in total. The lowest BCUT2D eigenvalue weighted by Gasteiger charge is -2.52. The summed E-state index contributed by atoms with van der Waals surface area (Å²) in [6, 6.07) is 0. The van der Waals surface area contributed by atoms with E-state index in [0.29, 0.717) is 0 Å². The van der Waals surface area contributed by atoms with Crippen LogP contribution in [0.5, 0.6) is 0 Å². The molecule has 5 aliphatic carbocycles. The smallest absolute Gasteiger partial charge is 0.0203 e. The normalized spacial score (nSPS) is 76.5. The van der Waals surface area contributed by atoms with Crippen molar-refractivity contribution < 1.29 is 0 Å². The molecule has 0 N–H and O–H groups in total. The molecule has 0 aromatic carbocycles. The third kappa shape index (κ3) is 0.558. The standard InChI is InChI=1S/C14H20/c1-7-2-9(3-7)14-6-12(14)13-10-4-8(10)5-11(13)14/h7-13H,2-6H2,1H3. The van der Waals surface area contributed by atoms with E-state index >= 15 is 0 Å². The SMILES string of the molecule is CC1CC(C23CC2C2C4CC4CC23)C1. The van der Waals surface area contributed by atoms with Crippen molar-refractivity contribution in [1.82, 2.24) is 0 Å². The predicted octanol–water partition coefficient (Wildman–Crippen LogP) is 3.32. The number of rotatable bonds is 1. The van der Waals surface area contributed by atoms with Gasteiger partial charge in [0.15, 0.2) is 0 Å². The monoisotopic (exact) mass is 188 g/mol. The van der Waals surface area contributed by atoms with Crippen LogP contribution in [-0.4, -0.2) is 0 Å². The highest BCUT2D eigenvalue weighted by atomic mass is 14.9. The maximum atomic E-state index is 2.45. The van der Waals surface area contributed by atoms with E-state index in [2.05, 4.69) is 6.92 Å². The Labute approximate surface area is 86.5 Å². The summed E-state index contributed by atoms with van der Waals surface area (Å²) >= 11 is 0. The number of fused-ring (bicyclic) bond motifs is 6. The molecule has 0 bridgehead atoms. The molecule has 5 rings (SSSR count). The van der Waals surface area contributed by atoms with Gasteiger partial charge in [-0.05, 0) is 78.9 Å². The van der Waals surface area contributed by atoms with Gasteiger partial charge in [-0.15, -0.1) is 0 Å². The zero-order chi connectivity index (χ0) is 9.08. The molecule has 5 fully saturated rings. The van der Waals surface area contributed by atoms with Gasteiger partial charge < -0.3 is 0 Å². The first kappa shape index (κ1) is 7.30. The van der Waals surface area contributed by atoms with Crippen molar-refractivity contribution in [3.63, 3.8) is 0 Å². The summed E-state index contributed by atoms with van der Waals surface area (Å²) in [7, 11) is 0. The molecule has 0 radical (unpaired) electrons. The van der Waals surface area contributed by atoms with Crippen LogP contribution in [0.1, 0.15) is 39.0 Å². The van der Waals surface area contributed by atoms with E-state index < -0.39 is 0 Å². The minimum absolute atomic E-state index is 0.977. The summed E-state index contributed by atoms with van der Waals surface area (Å²) in [5, 5.41) is 0. The Balaban J connectivity index is 1.44. The molecule has 6 unspecified atom stereocenters. The van der Waals surface area contributed by atoms with Crippen LogP contribution in [0.4, 0.5) is 0 Å². The second kappa shape index (κ2) is 1.83. The number of hydrogen-bond donors (Lipinski definition) is 0. The lowest BCUT2D eigenvalue weighted by molar-refractivity contribution is -0.0371. The summed E-state index contributed by atoms with van der Waals surface area (Å²) in [5.74, 6) is 8.50. The first-order valence-corrected chi connectivity index (χ1v) is 6.80. The van der Waals surface area contributed by atoms with E-state index in [9.17, 15) is 0 Å². The average Bonchev–Trinajstić information content (AvgIpc) is 2.97. The zero-order valence-electron chi connectivity index (χ0n) is 9.08. The molecule has 5 saturated carbocycles. The Kier molecular flexibility index (Phi) is 0.954. The fourth-order valence-electron chi connectivity index (χ4n) is 6.19. The maximum Gasteiger partial charge on any atom is -0.0203 e. The molecular formula is C14H20. The third-order valence-electron chi connectivity index (χ3n) is 6.89. The van der Waals surface area contributed by atoms with E-state index in [4.69, 9.17) is 0 Å². The van der Waals surface area contributed by atoms with Crippen LogP contribution in [-0.2, 0) is 0 Å². The van der Waals surface area contributed by atoms with Gasteiger partial charge in [-0.1, -0.05) is 6.92 Å². The summed E-state index contributed by atoms with van der Waals surface area (Å²) in [4.78, 5) is 0. The van der Waals surface area contributed by atoms with Crippen molar-refractivity contribution in [2.24, 2.45) is 46.8 Å². The van der Waals surface area contributed by atoms with E-state index in [1.54, 1.807) is 32.1 Å². The van der Waals surface area contributed by atoms with Gasteiger partial charge >= 0.3 is 0 Å². The molecule has 0 heterocycles. The van der Waals surface area contributed by atoms with Crippen LogP contribution in [0, 0.1) is 46.8 Å². The molecule has 0 heteroatoms. The molecule has 0 aromatic heterocycles. The first-order chi connectivity index (χ1) is 6.80. The topological polar surface area (TPSA) is 0 Å². The Morgan fingerprint density at radius 3 is 2.64 bits per heavy atom. The zero-order valence-corrected chi connectivity index (χ0v) is 9.08. The lowest BCUT2D eigenvalue weighted by Crippen LogP contribution is -2.46. The Morgan fingerprint density at radius 1 is 1.00 bits per heavy atom. The lowest BCUT2D eigenvalue weighted by atomic mass is 9.53. The quantitative estimate of drug-likeness (QED) is 0.592. The van der Waals surface area contributed by atoms with Crippen LogP contribution >= 0.6 is 0 Å². The summed E-state index contributed by atoms with van der Waals surface area (Å²) in [5.41, 5.74) is 0.977. The highest BCUT2D eigenvalue weighted by Gasteiger charge is 2.82. The van der Waals surface area contributed by atoms with Gasteiger partial charge in [0, 0.05) is 0 Å². The van der Waals surface area contributed by atoms with E-state index in [0.717, 1.165) is 11.3 Å². The van der Waals surface area contributed by atoms with Crippen LogP contribution in [0.25, 0.3) is 0 Å². The van der Waals surface area contributed by atoms with E-state index in [1.807, 2.05) is 0 Å². The minimum atomic E-state index is 0.977. The predicted molar refractivity (Wildman–Crippen MR) is 55.6 cm³/mol. The summed E-state index contributed by atoms with van der Waals surface area (Å²) in [6.45, 7) is 2.45. The maximum absolute atomic E-state index is 2.45. The fraction of sp³-hybridized carbons (Fsp3) is 1.00.